The largest absolute Gasteiger partial charge is 0.398 e. The molecule has 4 aromatic rings. The highest BCUT2D eigenvalue weighted by Crippen LogP contribution is 2.39. The molecule has 2 aromatic carbocycles. The van der Waals surface area contributed by atoms with Crippen LogP contribution in [0.4, 0.5) is 11.5 Å². The third-order valence-electron chi connectivity index (χ3n) is 6.14. The number of anilines is 2. The second kappa shape index (κ2) is 7.87. The van der Waals surface area contributed by atoms with Crippen LogP contribution in [0.5, 0.6) is 0 Å². The number of nitrogens with two attached hydrogens (primary N) is 2. The normalized spacial score (nSPS) is 14.7. The van der Waals surface area contributed by atoms with Crippen LogP contribution in [0.1, 0.15) is 49.1 Å². The minimum absolute atomic E-state index is 0.479. The first-order valence-corrected chi connectivity index (χ1v) is 10.7. The summed E-state index contributed by atoms with van der Waals surface area (Å²) in [5.74, 6) is 2.03. The number of fused-ring (bicyclic) bond motifs is 1. The van der Waals surface area contributed by atoms with Crippen LogP contribution in [0, 0.1) is 0 Å². The van der Waals surface area contributed by atoms with Gasteiger partial charge in [-0.2, -0.15) is 0 Å². The summed E-state index contributed by atoms with van der Waals surface area (Å²) in [6.45, 7) is 2.63. The fraction of sp³-hybridized carbons (Fsp3) is 0.240. The van der Waals surface area contributed by atoms with Gasteiger partial charge in [0.05, 0.1) is 6.54 Å². The Morgan fingerprint density at radius 2 is 1.94 bits per heavy atom. The van der Waals surface area contributed by atoms with E-state index in [1.165, 1.54) is 24.8 Å². The van der Waals surface area contributed by atoms with Gasteiger partial charge in [-0.3, -0.25) is 9.39 Å². The summed E-state index contributed by atoms with van der Waals surface area (Å²) in [5, 5.41) is 0. The van der Waals surface area contributed by atoms with Gasteiger partial charge in [-0.15, -0.1) is 0 Å². The molecule has 0 atom stereocenters. The van der Waals surface area contributed by atoms with E-state index in [2.05, 4.69) is 21.5 Å². The summed E-state index contributed by atoms with van der Waals surface area (Å²) in [7, 11) is 0. The first kappa shape index (κ1) is 19.3. The molecule has 0 saturated heterocycles. The molecule has 0 unspecified atom stereocenters. The Morgan fingerprint density at radius 3 is 2.65 bits per heavy atom. The summed E-state index contributed by atoms with van der Waals surface area (Å²) in [4.78, 5) is 14.0. The van der Waals surface area contributed by atoms with Gasteiger partial charge in [-0.1, -0.05) is 48.9 Å². The minimum atomic E-state index is 0.479. The van der Waals surface area contributed by atoms with Gasteiger partial charge >= 0.3 is 0 Å². The van der Waals surface area contributed by atoms with Crippen molar-refractivity contribution in [2.45, 2.75) is 38.6 Å². The van der Waals surface area contributed by atoms with Crippen LogP contribution in [0.3, 0.4) is 0 Å². The maximum absolute atomic E-state index is 6.45. The molecule has 6 heteroatoms. The molecule has 156 valence electrons. The lowest BCUT2D eigenvalue weighted by molar-refractivity contribution is 0.400. The molecular formula is C25H26N6. The smallest absolute Gasteiger partial charge is 0.150 e. The van der Waals surface area contributed by atoms with Gasteiger partial charge in [0.25, 0.3) is 0 Å². The lowest BCUT2D eigenvalue weighted by Gasteiger charge is -2.23. The van der Waals surface area contributed by atoms with Crippen molar-refractivity contribution in [3.8, 4) is 11.3 Å². The van der Waals surface area contributed by atoms with E-state index in [1.807, 2.05) is 49.5 Å². The van der Waals surface area contributed by atoms with Gasteiger partial charge < -0.3 is 11.5 Å². The molecule has 31 heavy (non-hydrogen) atoms. The molecule has 6 nitrogen and oxygen atoms in total. The Kier molecular flexibility index (Phi) is 4.90. The molecule has 2 aromatic heterocycles. The minimum Gasteiger partial charge on any atom is -0.398 e. The highest BCUT2D eigenvalue weighted by Gasteiger charge is 2.27. The van der Waals surface area contributed by atoms with Crippen LogP contribution < -0.4 is 11.5 Å². The van der Waals surface area contributed by atoms with Crippen molar-refractivity contribution in [2.75, 3.05) is 11.5 Å². The molecule has 1 fully saturated rings. The average Bonchev–Trinajstić information content (AvgIpc) is 3.12. The summed E-state index contributed by atoms with van der Waals surface area (Å²) in [5.41, 5.74) is 19.1. The van der Waals surface area contributed by atoms with E-state index in [0.717, 1.165) is 33.9 Å². The predicted molar refractivity (Wildman–Crippen MR) is 126 cm³/mol. The number of imidazole rings is 1. The number of nitrogens with zero attached hydrogens (tertiary/aromatic N) is 4. The molecule has 5 rings (SSSR count). The van der Waals surface area contributed by atoms with E-state index in [0.29, 0.717) is 24.0 Å². The van der Waals surface area contributed by atoms with Crippen molar-refractivity contribution in [3.63, 3.8) is 0 Å². The van der Waals surface area contributed by atoms with Crippen molar-refractivity contribution < 1.29 is 0 Å². The van der Waals surface area contributed by atoms with Gasteiger partial charge in [-0.05, 0) is 31.4 Å². The van der Waals surface area contributed by atoms with E-state index in [4.69, 9.17) is 21.4 Å². The fourth-order valence-corrected chi connectivity index (χ4v) is 4.16. The molecule has 0 radical (unpaired) electrons. The molecule has 1 aliphatic carbocycles. The number of hydrogen-bond acceptors (Lipinski definition) is 5. The van der Waals surface area contributed by atoms with Gasteiger partial charge in [0.15, 0.2) is 0 Å². The lowest BCUT2D eigenvalue weighted by Crippen LogP contribution is -2.12. The van der Waals surface area contributed by atoms with Crippen molar-refractivity contribution in [2.24, 2.45) is 4.99 Å². The summed E-state index contributed by atoms with van der Waals surface area (Å²) in [6.07, 6.45) is 7.27. The number of hydrogen-bond donors (Lipinski definition) is 2. The lowest BCUT2D eigenvalue weighted by atomic mass is 9.85. The van der Waals surface area contributed by atoms with Gasteiger partial charge in [0.2, 0.25) is 0 Å². The first-order chi connectivity index (χ1) is 15.1. The maximum Gasteiger partial charge on any atom is 0.150 e. The predicted octanol–water partition coefficient (Wildman–Crippen LogP) is 4.84. The first-order valence-electron chi connectivity index (χ1n) is 10.7. The molecule has 4 N–H and O–H groups in total. The molecule has 0 spiro atoms. The van der Waals surface area contributed by atoms with Crippen molar-refractivity contribution in [3.05, 3.63) is 77.9 Å². The van der Waals surface area contributed by atoms with Crippen LogP contribution >= 0.6 is 0 Å². The molecule has 0 bridgehead atoms. The van der Waals surface area contributed by atoms with Crippen LogP contribution in [0.2, 0.25) is 0 Å². The quantitative estimate of drug-likeness (QED) is 0.364. The SMILES string of the molecule is C/C(=N/Cc1ccccc1)c1ccc(-c2nc(C3CCC3)n3ccnc(N)c23)cc1N. The molecular weight excluding hydrogens is 384 g/mol. The highest BCUT2D eigenvalue weighted by molar-refractivity contribution is 6.04. The molecule has 1 saturated carbocycles. The summed E-state index contributed by atoms with van der Waals surface area (Å²) < 4.78 is 2.10. The van der Waals surface area contributed by atoms with Crippen LogP contribution in [-0.2, 0) is 6.54 Å². The highest BCUT2D eigenvalue weighted by atomic mass is 15.1. The van der Waals surface area contributed by atoms with Crippen molar-refractivity contribution in [1.29, 1.82) is 0 Å². The van der Waals surface area contributed by atoms with E-state index >= 15 is 0 Å². The Labute approximate surface area is 181 Å². The van der Waals surface area contributed by atoms with E-state index in [-0.39, 0.29) is 0 Å². The Bertz CT molecular complexity index is 1270. The number of rotatable bonds is 5. The second-order valence-electron chi connectivity index (χ2n) is 8.17. The molecule has 1 aliphatic rings. The van der Waals surface area contributed by atoms with Crippen molar-refractivity contribution >= 4 is 22.7 Å². The van der Waals surface area contributed by atoms with Gasteiger partial charge in [0.1, 0.15) is 22.9 Å². The molecule has 0 aliphatic heterocycles. The average molecular weight is 411 g/mol. The zero-order valence-corrected chi connectivity index (χ0v) is 17.6. The van der Waals surface area contributed by atoms with Crippen LogP contribution in [-0.4, -0.2) is 20.1 Å². The standard InChI is InChI=1S/C25H26N6/c1-16(29-15-17-6-3-2-4-7-17)20-11-10-19(14-21(20)26)22-23-24(27)28-12-13-31(23)25(30-22)18-8-5-9-18/h2-4,6-7,10-14,18H,5,8-9,15,26H2,1H3,(H2,27,28)/b29-16-. The maximum atomic E-state index is 6.45. The van der Waals surface area contributed by atoms with E-state index in [1.54, 1.807) is 6.20 Å². The summed E-state index contributed by atoms with van der Waals surface area (Å²) >= 11 is 0. The van der Waals surface area contributed by atoms with Crippen molar-refractivity contribution in [1.82, 2.24) is 14.4 Å². The number of aromatic nitrogens is 3. The number of aliphatic imine (C=N–C) groups is 1. The zero-order valence-electron chi connectivity index (χ0n) is 17.6. The Hall–Kier alpha value is -3.67. The number of benzene rings is 2. The Balaban J connectivity index is 1.51. The van der Waals surface area contributed by atoms with E-state index in [9.17, 15) is 0 Å². The zero-order chi connectivity index (χ0) is 21.4. The van der Waals surface area contributed by atoms with Crippen LogP contribution in [0.15, 0.2) is 65.9 Å². The third-order valence-corrected chi connectivity index (χ3v) is 6.14. The third kappa shape index (κ3) is 3.54. The van der Waals surface area contributed by atoms with E-state index < -0.39 is 0 Å². The molecule has 2 heterocycles. The molecule has 0 amide bonds. The van der Waals surface area contributed by atoms with Gasteiger partial charge in [0, 0.05) is 40.8 Å². The monoisotopic (exact) mass is 410 g/mol. The topological polar surface area (TPSA) is 94.6 Å². The fourth-order valence-electron chi connectivity index (χ4n) is 4.16. The van der Waals surface area contributed by atoms with Crippen LogP contribution in [0.25, 0.3) is 16.8 Å². The van der Waals surface area contributed by atoms with Gasteiger partial charge in [-0.25, -0.2) is 9.97 Å². The second-order valence-corrected chi connectivity index (χ2v) is 8.17. The Morgan fingerprint density at radius 1 is 1.13 bits per heavy atom. The number of nitrogen functional groups attached to an aromatic ring is 2. The summed E-state index contributed by atoms with van der Waals surface area (Å²) in [6, 6.07) is 16.2.